The van der Waals surface area contributed by atoms with Gasteiger partial charge < -0.3 is 4.42 Å². The van der Waals surface area contributed by atoms with Gasteiger partial charge in [0, 0.05) is 4.88 Å². The summed E-state index contributed by atoms with van der Waals surface area (Å²) in [6, 6.07) is 7.39. The van der Waals surface area contributed by atoms with Gasteiger partial charge >= 0.3 is 0 Å². The summed E-state index contributed by atoms with van der Waals surface area (Å²) in [7, 11) is 0. The first-order chi connectivity index (χ1) is 8.13. The average Bonchev–Trinajstić information content (AvgIpc) is 2.89. The fourth-order valence-electron chi connectivity index (χ4n) is 1.74. The van der Waals surface area contributed by atoms with Gasteiger partial charge in [0.15, 0.2) is 5.78 Å². The van der Waals surface area contributed by atoms with E-state index in [1.54, 1.807) is 26.0 Å². The van der Waals surface area contributed by atoms with Crippen LogP contribution in [0, 0.1) is 25.2 Å². The van der Waals surface area contributed by atoms with E-state index in [0.29, 0.717) is 17.1 Å². The molecule has 0 radical (unpaired) electrons. The zero-order chi connectivity index (χ0) is 12.4. The molecule has 1 unspecified atom stereocenters. The largest absolute Gasteiger partial charge is 0.466 e. The number of hydrogen-bond donors (Lipinski definition) is 0. The molecule has 0 aliphatic carbocycles. The first kappa shape index (κ1) is 11.6. The van der Waals surface area contributed by atoms with E-state index in [4.69, 9.17) is 9.68 Å². The second kappa shape index (κ2) is 4.56. The van der Waals surface area contributed by atoms with E-state index >= 15 is 0 Å². The number of carbonyl (C=O) groups is 1. The molecule has 0 aromatic carbocycles. The van der Waals surface area contributed by atoms with Gasteiger partial charge in [0.05, 0.1) is 11.6 Å². The van der Waals surface area contributed by atoms with E-state index < -0.39 is 5.92 Å². The van der Waals surface area contributed by atoms with Gasteiger partial charge in [-0.15, -0.1) is 11.3 Å². The molecule has 17 heavy (non-hydrogen) atoms. The van der Waals surface area contributed by atoms with Crippen LogP contribution in [0.2, 0.25) is 0 Å². The molecule has 2 aromatic rings. The van der Waals surface area contributed by atoms with Crippen molar-refractivity contribution in [2.75, 3.05) is 0 Å². The Morgan fingerprint density at radius 3 is 2.76 bits per heavy atom. The van der Waals surface area contributed by atoms with Crippen molar-refractivity contribution in [3.63, 3.8) is 0 Å². The van der Waals surface area contributed by atoms with Crippen LogP contribution in [0.5, 0.6) is 0 Å². The summed E-state index contributed by atoms with van der Waals surface area (Å²) in [5.41, 5.74) is 0.502. The van der Waals surface area contributed by atoms with Crippen LogP contribution in [0.3, 0.4) is 0 Å². The van der Waals surface area contributed by atoms with Gasteiger partial charge in [0.2, 0.25) is 0 Å². The second-order valence-corrected chi connectivity index (χ2v) is 4.75. The quantitative estimate of drug-likeness (QED) is 0.778. The van der Waals surface area contributed by atoms with Gasteiger partial charge in [0.1, 0.15) is 17.4 Å². The summed E-state index contributed by atoms with van der Waals surface area (Å²) >= 11 is 1.42. The van der Waals surface area contributed by atoms with Crippen molar-refractivity contribution in [1.29, 1.82) is 5.26 Å². The molecule has 1 atom stereocenters. The third-order valence-corrected chi connectivity index (χ3v) is 3.46. The van der Waals surface area contributed by atoms with Crippen molar-refractivity contribution in [3.8, 4) is 6.07 Å². The Morgan fingerprint density at radius 2 is 2.29 bits per heavy atom. The van der Waals surface area contributed by atoms with Gasteiger partial charge in [-0.3, -0.25) is 4.79 Å². The summed E-state index contributed by atoms with van der Waals surface area (Å²) < 4.78 is 5.32. The molecule has 2 aromatic heterocycles. The number of Topliss-reactive ketones (excluding diaryl/α,β-unsaturated/α-hetero) is 1. The lowest BCUT2D eigenvalue weighted by Crippen LogP contribution is -2.10. The summed E-state index contributed by atoms with van der Waals surface area (Å²) in [6.07, 6.45) is 0. The Morgan fingerprint density at radius 1 is 1.53 bits per heavy atom. The highest BCUT2D eigenvalue weighted by Gasteiger charge is 2.25. The van der Waals surface area contributed by atoms with Crippen LogP contribution >= 0.6 is 11.3 Å². The predicted octanol–water partition coefficient (Wildman–Crippen LogP) is 3.45. The van der Waals surface area contributed by atoms with Crippen LogP contribution < -0.4 is 0 Å². The summed E-state index contributed by atoms with van der Waals surface area (Å²) in [6.45, 7) is 3.53. The van der Waals surface area contributed by atoms with E-state index in [2.05, 4.69) is 6.07 Å². The Hall–Kier alpha value is -1.86. The van der Waals surface area contributed by atoms with Crippen molar-refractivity contribution < 1.29 is 9.21 Å². The number of aryl methyl sites for hydroxylation is 2. The number of hydrogen-bond acceptors (Lipinski definition) is 4. The molecule has 2 rings (SSSR count). The molecule has 0 fully saturated rings. The Kier molecular flexibility index (Phi) is 3.12. The van der Waals surface area contributed by atoms with Crippen LogP contribution in [-0.4, -0.2) is 5.78 Å². The molecule has 0 aliphatic heterocycles. The van der Waals surface area contributed by atoms with E-state index in [-0.39, 0.29) is 5.78 Å². The normalized spacial score (nSPS) is 12.1. The molecule has 0 bridgehead atoms. The molecule has 0 saturated carbocycles. The number of carbonyl (C=O) groups excluding carboxylic acids is 1. The van der Waals surface area contributed by atoms with E-state index in [1.807, 2.05) is 11.4 Å². The lowest BCUT2D eigenvalue weighted by molar-refractivity contribution is 0.0978. The first-order valence-electron chi connectivity index (χ1n) is 5.17. The van der Waals surface area contributed by atoms with Gasteiger partial charge in [-0.2, -0.15) is 5.26 Å². The molecular formula is C13H11NO2S. The number of thiophene rings is 1. The lowest BCUT2D eigenvalue weighted by atomic mass is 9.98. The first-order valence-corrected chi connectivity index (χ1v) is 6.05. The molecule has 0 spiro atoms. The highest BCUT2D eigenvalue weighted by atomic mass is 32.1. The average molecular weight is 245 g/mol. The standard InChI is InChI=1S/C13H11NO2S/c1-8-6-10(9(2)16-8)13(15)11(7-14)12-4-3-5-17-12/h3-6,11H,1-2H3. The van der Waals surface area contributed by atoms with Crippen molar-refractivity contribution in [3.05, 3.63) is 45.5 Å². The van der Waals surface area contributed by atoms with Crippen molar-refractivity contribution in [1.82, 2.24) is 0 Å². The predicted molar refractivity (Wildman–Crippen MR) is 65.2 cm³/mol. The van der Waals surface area contributed by atoms with E-state index in [0.717, 1.165) is 4.88 Å². The minimum atomic E-state index is -0.731. The highest BCUT2D eigenvalue weighted by Crippen LogP contribution is 2.27. The van der Waals surface area contributed by atoms with Crippen LogP contribution in [-0.2, 0) is 0 Å². The van der Waals surface area contributed by atoms with E-state index in [1.165, 1.54) is 11.3 Å². The van der Waals surface area contributed by atoms with Crippen molar-refractivity contribution in [2.45, 2.75) is 19.8 Å². The number of nitriles is 1. The van der Waals surface area contributed by atoms with Gasteiger partial charge in [-0.25, -0.2) is 0 Å². The molecule has 4 heteroatoms. The molecule has 0 N–H and O–H groups in total. The smallest absolute Gasteiger partial charge is 0.188 e. The lowest BCUT2D eigenvalue weighted by Gasteiger charge is -2.04. The monoisotopic (exact) mass is 245 g/mol. The topological polar surface area (TPSA) is 54.0 Å². The second-order valence-electron chi connectivity index (χ2n) is 3.77. The molecule has 0 saturated heterocycles. The van der Waals surface area contributed by atoms with Crippen LogP contribution in [0.15, 0.2) is 28.0 Å². The zero-order valence-corrected chi connectivity index (χ0v) is 10.4. The minimum Gasteiger partial charge on any atom is -0.466 e. The third-order valence-electron chi connectivity index (χ3n) is 2.53. The minimum absolute atomic E-state index is 0.190. The van der Waals surface area contributed by atoms with Gasteiger partial charge in [-0.1, -0.05) is 6.07 Å². The van der Waals surface area contributed by atoms with Crippen molar-refractivity contribution >= 4 is 17.1 Å². The molecule has 2 heterocycles. The summed E-state index contributed by atoms with van der Waals surface area (Å²) in [5, 5.41) is 11.0. The molecular weight excluding hydrogens is 234 g/mol. The Bertz CT molecular complexity index is 575. The highest BCUT2D eigenvalue weighted by molar-refractivity contribution is 7.10. The molecule has 0 aliphatic rings. The Balaban J connectivity index is 2.37. The number of nitrogens with zero attached hydrogens (tertiary/aromatic N) is 1. The van der Waals surface area contributed by atoms with Crippen LogP contribution in [0.1, 0.15) is 32.7 Å². The fraction of sp³-hybridized carbons (Fsp3) is 0.231. The maximum Gasteiger partial charge on any atom is 0.188 e. The number of ketones is 1. The summed E-state index contributed by atoms with van der Waals surface area (Å²) in [4.78, 5) is 13.0. The maximum atomic E-state index is 12.2. The van der Waals surface area contributed by atoms with E-state index in [9.17, 15) is 4.79 Å². The maximum absolute atomic E-state index is 12.2. The zero-order valence-electron chi connectivity index (χ0n) is 9.56. The third kappa shape index (κ3) is 2.15. The van der Waals surface area contributed by atoms with Gasteiger partial charge in [0.25, 0.3) is 0 Å². The molecule has 0 amide bonds. The number of rotatable bonds is 3. The summed E-state index contributed by atoms with van der Waals surface area (Å²) in [5.74, 6) is 0.341. The van der Waals surface area contributed by atoms with Crippen LogP contribution in [0.4, 0.5) is 0 Å². The van der Waals surface area contributed by atoms with Crippen molar-refractivity contribution in [2.24, 2.45) is 0 Å². The number of furan rings is 1. The molecule has 86 valence electrons. The SMILES string of the molecule is Cc1cc(C(=O)C(C#N)c2cccs2)c(C)o1. The molecule has 3 nitrogen and oxygen atoms in total. The van der Waals surface area contributed by atoms with Crippen LogP contribution in [0.25, 0.3) is 0 Å². The Labute approximate surface area is 103 Å². The van der Waals surface area contributed by atoms with Gasteiger partial charge in [-0.05, 0) is 31.4 Å². The fourth-order valence-corrected chi connectivity index (χ4v) is 2.51.